The van der Waals surface area contributed by atoms with Crippen LogP contribution in [0.1, 0.15) is 16.1 Å². The number of carbonyl (C=O) groups excluding carboxylic acids is 1. The molecule has 1 heterocycles. The molecule has 0 aliphatic rings. The number of carbonyl (C=O) groups is 1. The number of ether oxygens (including phenoxy) is 1. The summed E-state index contributed by atoms with van der Waals surface area (Å²) < 4.78 is 6.22. The molecule has 0 aliphatic heterocycles. The molecule has 98 valence electrons. The van der Waals surface area contributed by atoms with E-state index in [1.54, 1.807) is 12.1 Å². The molecule has 0 spiro atoms. The number of nitrogens with zero attached hydrogens (tertiary/aromatic N) is 2. The highest BCUT2D eigenvalue weighted by molar-refractivity contribution is 6.32. The van der Waals surface area contributed by atoms with E-state index in [0.717, 1.165) is 10.2 Å². The van der Waals surface area contributed by atoms with Crippen molar-refractivity contribution in [3.05, 3.63) is 57.0 Å². The summed E-state index contributed by atoms with van der Waals surface area (Å²) in [6, 6.07) is 7.68. The zero-order valence-corrected chi connectivity index (χ0v) is 11.1. The molecule has 0 amide bonds. The molecule has 0 fully saturated rings. The molecule has 1 aromatic carbocycles. The van der Waals surface area contributed by atoms with Crippen LogP contribution in [0.2, 0.25) is 5.02 Å². The maximum absolute atomic E-state index is 11.9. The summed E-state index contributed by atoms with van der Waals surface area (Å²) in [5.74, 6) is -0.398. The Labute approximate surface area is 114 Å². The van der Waals surface area contributed by atoms with E-state index < -0.39 is 5.97 Å². The van der Waals surface area contributed by atoms with Gasteiger partial charge >= 0.3 is 5.97 Å². The lowest BCUT2D eigenvalue weighted by Gasteiger charge is -2.07. The number of aromatic nitrogens is 2. The molecule has 0 saturated carbocycles. The van der Waals surface area contributed by atoms with E-state index >= 15 is 0 Å². The molecule has 5 nitrogen and oxygen atoms in total. The molecule has 0 atom stereocenters. The van der Waals surface area contributed by atoms with Gasteiger partial charge in [-0.15, -0.1) is 0 Å². The fourth-order valence-electron chi connectivity index (χ4n) is 1.45. The Hall–Kier alpha value is -2.14. The molecule has 2 aromatic rings. The normalized spacial score (nSPS) is 10.3. The van der Waals surface area contributed by atoms with E-state index in [1.165, 1.54) is 19.2 Å². The van der Waals surface area contributed by atoms with E-state index in [2.05, 4.69) is 5.10 Å². The molecule has 0 aliphatic carbocycles. The zero-order valence-electron chi connectivity index (χ0n) is 10.4. The third-order valence-electron chi connectivity index (χ3n) is 2.46. The molecule has 0 radical (unpaired) electrons. The summed E-state index contributed by atoms with van der Waals surface area (Å²) in [6.45, 7) is 1.86. The van der Waals surface area contributed by atoms with Gasteiger partial charge in [0.15, 0.2) is 5.69 Å². The quantitative estimate of drug-likeness (QED) is 0.622. The van der Waals surface area contributed by atoms with Gasteiger partial charge in [0.2, 0.25) is 0 Å². The predicted octanol–water partition coefficient (Wildman–Crippen LogP) is 1.96. The maximum Gasteiger partial charge on any atom is 0.364 e. The van der Waals surface area contributed by atoms with Gasteiger partial charge in [0.25, 0.3) is 5.56 Å². The Morgan fingerprint density at radius 1 is 1.32 bits per heavy atom. The summed E-state index contributed by atoms with van der Waals surface area (Å²) in [5, 5.41) is 4.14. The van der Waals surface area contributed by atoms with Crippen molar-refractivity contribution in [2.45, 2.75) is 6.92 Å². The highest BCUT2D eigenvalue weighted by Gasteiger charge is 2.13. The van der Waals surface area contributed by atoms with Crippen LogP contribution in [-0.4, -0.2) is 15.7 Å². The van der Waals surface area contributed by atoms with Crippen LogP contribution in [0, 0.1) is 6.92 Å². The van der Waals surface area contributed by atoms with Crippen LogP contribution in [0.4, 0.5) is 0 Å². The largest absolute Gasteiger partial charge is 0.420 e. The van der Waals surface area contributed by atoms with Gasteiger partial charge in [-0.25, -0.2) is 9.48 Å². The first-order valence-electron chi connectivity index (χ1n) is 5.50. The highest BCUT2D eigenvalue weighted by Crippen LogP contribution is 2.25. The van der Waals surface area contributed by atoms with Gasteiger partial charge in [0.1, 0.15) is 5.75 Å². The van der Waals surface area contributed by atoms with Crippen molar-refractivity contribution >= 4 is 17.6 Å². The van der Waals surface area contributed by atoms with E-state index in [0.29, 0.717) is 5.02 Å². The second-order valence-corrected chi connectivity index (χ2v) is 4.41. The van der Waals surface area contributed by atoms with Gasteiger partial charge < -0.3 is 4.74 Å². The standard InChI is InChI=1S/C13H11ClN2O3/c1-8-3-4-9(14)11(7-8)19-13(18)10-5-6-12(17)16(2)15-10/h3-7H,1-2H3. The number of esters is 1. The third kappa shape index (κ3) is 3.00. The first-order valence-corrected chi connectivity index (χ1v) is 5.88. The van der Waals surface area contributed by atoms with Crippen molar-refractivity contribution < 1.29 is 9.53 Å². The van der Waals surface area contributed by atoms with Crippen LogP contribution in [0.15, 0.2) is 35.1 Å². The number of rotatable bonds is 2. The topological polar surface area (TPSA) is 61.2 Å². The van der Waals surface area contributed by atoms with Gasteiger partial charge in [0.05, 0.1) is 5.02 Å². The van der Waals surface area contributed by atoms with Crippen LogP contribution >= 0.6 is 11.6 Å². The lowest BCUT2D eigenvalue weighted by molar-refractivity contribution is 0.0726. The monoisotopic (exact) mass is 278 g/mol. The number of aryl methyl sites for hydroxylation is 2. The average molecular weight is 279 g/mol. The van der Waals surface area contributed by atoms with Gasteiger partial charge in [-0.1, -0.05) is 17.7 Å². The molecule has 0 unspecified atom stereocenters. The van der Waals surface area contributed by atoms with Crippen LogP contribution in [0.5, 0.6) is 5.75 Å². The molecule has 0 saturated heterocycles. The summed E-state index contributed by atoms with van der Waals surface area (Å²) in [4.78, 5) is 23.1. The molecule has 1 aromatic heterocycles. The number of hydrogen-bond donors (Lipinski definition) is 0. The van der Waals surface area contributed by atoms with Crippen molar-refractivity contribution in [1.82, 2.24) is 9.78 Å². The summed E-state index contributed by atoms with van der Waals surface area (Å²) in [6.07, 6.45) is 0. The smallest absolute Gasteiger partial charge is 0.364 e. The van der Waals surface area contributed by atoms with E-state index in [4.69, 9.17) is 16.3 Å². The van der Waals surface area contributed by atoms with Crippen LogP contribution in [-0.2, 0) is 7.05 Å². The van der Waals surface area contributed by atoms with Crippen molar-refractivity contribution in [3.63, 3.8) is 0 Å². The Bertz CT molecular complexity index is 695. The van der Waals surface area contributed by atoms with Crippen molar-refractivity contribution in [2.24, 2.45) is 7.05 Å². The fraction of sp³-hybridized carbons (Fsp3) is 0.154. The summed E-state index contributed by atoms with van der Waals surface area (Å²) in [5.41, 5.74) is 0.658. The molecular weight excluding hydrogens is 268 g/mol. The lowest BCUT2D eigenvalue weighted by atomic mass is 10.2. The summed E-state index contributed by atoms with van der Waals surface area (Å²) in [7, 11) is 1.46. The second kappa shape index (κ2) is 5.24. The van der Waals surface area contributed by atoms with Crippen LogP contribution < -0.4 is 10.3 Å². The number of hydrogen-bond acceptors (Lipinski definition) is 4. The van der Waals surface area contributed by atoms with Gasteiger partial charge in [-0.2, -0.15) is 5.10 Å². The van der Waals surface area contributed by atoms with E-state index in [-0.39, 0.29) is 17.0 Å². The minimum Gasteiger partial charge on any atom is -0.420 e. The number of halogens is 1. The predicted molar refractivity (Wildman–Crippen MR) is 70.6 cm³/mol. The van der Waals surface area contributed by atoms with Crippen molar-refractivity contribution in [2.75, 3.05) is 0 Å². The van der Waals surface area contributed by atoms with Gasteiger partial charge in [0, 0.05) is 13.1 Å². The van der Waals surface area contributed by atoms with E-state index in [9.17, 15) is 9.59 Å². The molecule has 2 rings (SSSR count). The van der Waals surface area contributed by atoms with Crippen molar-refractivity contribution in [3.8, 4) is 5.75 Å². The van der Waals surface area contributed by atoms with E-state index in [1.807, 2.05) is 13.0 Å². The Morgan fingerprint density at radius 2 is 2.05 bits per heavy atom. The first kappa shape index (κ1) is 13.3. The van der Waals surface area contributed by atoms with Crippen LogP contribution in [0.25, 0.3) is 0 Å². The van der Waals surface area contributed by atoms with Crippen LogP contribution in [0.3, 0.4) is 0 Å². The molecule has 0 N–H and O–H groups in total. The average Bonchev–Trinajstić information content (AvgIpc) is 2.37. The molecule has 6 heteroatoms. The third-order valence-corrected chi connectivity index (χ3v) is 2.77. The Kier molecular flexibility index (Phi) is 3.66. The first-order chi connectivity index (χ1) is 8.97. The fourth-order valence-corrected chi connectivity index (χ4v) is 1.61. The van der Waals surface area contributed by atoms with Gasteiger partial charge in [-0.3, -0.25) is 4.79 Å². The second-order valence-electron chi connectivity index (χ2n) is 4.00. The molecule has 19 heavy (non-hydrogen) atoms. The minimum atomic E-state index is -0.664. The highest BCUT2D eigenvalue weighted by atomic mass is 35.5. The van der Waals surface area contributed by atoms with Gasteiger partial charge in [-0.05, 0) is 30.7 Å². The molecular formula is C13H11ClN2O3. The SMILES string of the molecule is Cc1ccc(Cl)c(OC(=O)c2ccc(=O)n(C)n2)c1. The Balaban J connectivity index is 2.28. The lowest BCUT2D eigenvalue weighted by Crippen LogP contribution is -2.22. The maximum atomic E-state index is 11.9. The van der Waals surface area contributed by atoms with Crippen molar-refractivity contribution in [1.29, 1.82) is 0 Å². The summed E-state index contributed by atoms with van der Waals surface area (Å²) >= 11 is 5.93. The number of benzene rings is 1. The minimum absolute atomic E-state index is 0.0414. The molecule has 0 bridgehead atoms. The zero-order chi connectivity index (χ0) is 14.0. The Morgan fingerprint density at radius 3 is 2.74 bits per heavy atom.